The Hall–Kier alpha value is -5.89. The average molecular weight is 925 g/mol. The van der Waals surface area contributed by atoms with Crippen molar-refractivity contribution in [3.8, 4) is 17.5 Å². The molecule has 3 atom stereocenters. The van der Waals surface area contributed by atoms with Crippen molar-refractivity contribution in [2.24, 2.45) is 22.2 Å². The summed E-state index contributed by atoms with van der Waals surface area (Å²) in [5.74, 6) is -1.19. The lowest BCUT2D eigenvalue weighted by Crippen LogP contribution is -2.74. The van der Waals surface area contributed by atoms with Crippen LogP contribution in [-0.4, -0.2) is 104 Å². The van der Waals surface area contributed by atoms with Crippen molar-refractivity contribution in [2.75, 3.05) is 31.6 Å². The molecular weight excluding hydrogens is 862 g/mol. The molecule has 2 fully saturated rings. The van der Waals surface area contributed by atoms with Crippen LogP contribution in [0.25, 0.3) is 5.69 Å². The summed E-state index contributed by atoms with van der Waals surface area (Å²) in [6, 6.07) is 20.8. The number of β-amino-alcohol motifs (C(OH)–C–C–N with tert-alkyl or cyclic N) is 1. The molecule has 1 aliphatic carbocycles. The summed E-state index contributed by atoms with van der Waals surface area (Å²) < 4.78 is 13.6. The van der Waals surface area contributed by atoms with Crippen LogP contribution < -0.4 is 20.7 Å². The highest BCUT2D eigenvalue weighted by molar-refractivity contribution is 6.31. The highest BCUT2D eigenvalue weighted by Gasteiger charge is 2.64. The van der Waals surface area contributed by atoms with E-state index in [1.807, 2.05) is 57.2 Å². The van der Waals surface area contributed by atoms with E-state index in [1.165, 1.54) is 15.9 Å². The molecule has 2 aliphatic rings. The summed E-state index contributed by atoms with van der Waals surface area (Å²) in [7, 11) is 0. The predicted molar refractivity (Wildman–Crippen MR) is 249 cm³/mol. The molecule has 1 saturated carbocycles. The molecule has 0 radical (unpaired) electrons. The molecule has 1 aromatic heterocycles. The van der Waals surface area contributed by atoms with Gasteiger partial charge in [-0.2, -0.15) is 5.26 Å². The number of aliphatic hydroxyl groups is 1. The normalized spacial score (nSPS) is 20.1. The SMILES string of the molecule is CC1(C)C(NC(=O)c2ccc(NCCCCCOCC(=O)C[C@H](C(=O)N3C[C@H](O)C[C@H]3C(=O)NCc3ccc(-n4cnnn4)cc3)C(C)(C)C)cc2)C(C)(C)C1Oc1ccc(C#N)c(Cl)c1. The van der Waals surface area contributed by atoms with Crippen molar-refractivity contribution in [1.82, 2.24) is 35.7 Å². The molecule has 1 saturated heterocycles. The van der Waals surface area contributed by atoms with Gasteiger partial charge in [0.25, 0.3) is 5.91 Å². The lowest BCUT2D eigenvalue weighted by molar-refractivity contribution is -0.164. The first-order valence-corrected chi connectivity index (χ1v) is 22.9. The van der Waals surface area contributed by atoms with Crippen molar-refractivity contribution in [3.63, 3.8) is 0 Å². The summed E-state index contributed by atoms with van der Waals surface area (Å²) in [6.45, 7) is 15.2. The molecule has 2 heterocycles. The topological polar surface area (TPSA) is 214 Å². The van der Waals surface area contributed by atoms with Gasteiger partial charge in [0.05, 0.1) is 22.4 Å². The van der Waals surface area contributed by atoms with Crippen LogP contribution in [0.3, 0.4) is 0 Å². The van der Waals surface area contributed by atoms with Gasteiger partial charge in [-0.1, -0.05) is 72.2 Å². The number of amides is 3. The third-order valence-corrected chi connectivity index (χ3v) is 13.1. The second-order valence-corrected chi connectivity index (χ2v) is 20.0. The Bertz CT molecular complexity index is 2340. The third-order valence-electron chi connectivity index (χ3n) is 12.8. The fourth-order valence-electron chi connectivity index (χ4n) is 9.38. The number of benzene rings is 3. The van der Waals surface area contributed by atoms with E-state index in [4.69, 9.17) is 21.1 Å². The number of halogens is 1. The van der Waals surface area contributed by atoms with Gasteiger partial charge in [-0.25, -0.2) is 4.68 Å². The van der Waals surface area contributed by atoms with Crippen molar-refractivity contribution in [2.45, 2.75) is 111 Å². The zero-order valence-corrected chi connectivity index (χ0v) is 39.6. The minimum Gasteiger partial charge on any atom is -0.489 e. The van der Waals surface area contributed by atoms with Gasteiger partial charge in [0.2, 0.25) is 11.8 Å². The summed E-state index contributed by atoms with van der Waals surface area (Å²) in [4.78, 5) is 55.3. The molecule has 0 bridgehead atoms. The maximum atomic E-state index is 14.0. The first-order valence-electron chi connectivity index (χ1n) is 22.5. The van der Waals surface area contributed by atoms with E-state index in [2.05, 4.69) is 65.2 Å². The first-order chi connectivity index (χ1) is 31.3. The maximum absolute atomic E-state index is 14.0. The number of ether oxygens (including phenoxy) is 2. The third kappa shape index (κ3) is 11.9. The second-order valence-electron chi connectivity index (χ2n) is 19.6. The molecule has 16 nitrogen and oxygen atoms in total. The predicted octanol–water partition coefficient (Wildman–Crippen LogP) is 6.30. The van der Waals surface area contributed by atoms with E-state index in [9.17, 15) is 29.5 Å². The number of hydrogen-bond acceptors (Lipinski definition) is 12. The number of hydrogen-bond donors (Lipinski definition) is 4. The van der Waals surface area contributed by atoms with Crippen molar-refractivity contribution in [1.29, 1.82) is 5.26 Å². The van der Waals surface area contributed by atoms with E-state index in [1.54, 1.807) is 30.3 Å². The number of nitriles is 1. The largest absolute Gasteiger partial charge is 0.489 e. The van der Waals surface area contributed by atoms with E-state index in [0.29, 0.717) is 28.5 Å². The number of aromatic nitrogens is 4. The van der Waals surface area contributed by atoms with Crippen LogP contribution in [0.4, 0.5) is 5.69 Å². The standard InChI is InChI=1S/C49H62ClN9O7/c1-47(2,3)39(44(64)58-28-36(60)24-41(58)43(63)53-27-31-11-18-35(19-12-31)59-30-54-56-57-59)23-37(61)29-65-22-10-8-9-21-52-34-16-13-32(14-17-34)42(62)55-45-48(4,5)46(49(45,6)7)66-38-20-15-33(26-51)40(50)25-38/h11-20,25,30,36,39,41,45-46,52,60H,8-10,21-24,27-29H2,1-7H3,(H,53,63)(H,55,62)/t36-,39-,41+,45?,46?/m1/s1. The van der Waals surface area contributed by atoms with Gasteiger partial charge < -0.3 is 35.4 Å². The summed E-state index contributed by atoms with van der Waals surface area (Å²) >= 11 is 6.24. The van der Waals surface area contributed by atoms with Crippen LogP contribution in [0, 0.1) is 33.5 Å². The maximum Gasteiger partial charge on any atom is 0.251 e. The van der Waals surface area contributed by atoms with Crippen LogP contribution in [-0.2, 0) is 25.7 Å². The number of carbonyl (C=O) groups excluding carboxylic acids is 4. The monoisotopic (exact) mass is 923 g/mol. The molecule has 6 rings (SSSR count). The molecule has 17 heteroatoms. The Morgan fingerprint density at radius 2 is 1.70 bits per heavy atom. The van der Waals surface area contributed by atoms with E-state index >= 15 is 0 Å². The molecule has 352 valence electrons. The number of carbonyl (C=O) groups is 4. The van der Waals surface area contributed by atoms with Crippen LogP contribution >= 0.6 is 11.6 Å². The van der Waals surface area contributed by atoms with E-state index in [0.717, 1.165) is 42.7 Å². The minimum absolute atomic E-state index is 0.0160. The lowest BCUT2D eigenvalue weighted by atomic mass is 9.49. The van der Waals surface area contributed by atoms with Gasteiger partial charge >= 0.3 is 0 Å². The second kappa shape index (κ2) is 21.2. The average Bonchev–Trinajstić information content (AvgIpc) is 3.97. The highest BCUT2D eigenvalue weighted by atomic mass is 35.5. The van der Waals surface area contributed by atoms with E-state index in [-0.39, 0.29) is 79.0 Å². The van der Waals surface area contributed by atoms with Crippen LogP contribution in [0.15, 0.2) is 73.1 Å². The van der Waals surface area contributed by atoms with Crippen molar-refractivity contribution in [3.05, 3.63) is 94.8 Å². The quantitative estimate of drug-likeness (QED) is 0.0720. The number of nitrogens with zero attached hydrogens (tertiary/aromatic N) is 6. The Kier molecular flexibility index (Phi) is 15.9. The number of likely N-dealkylation sites (tertiary alicyclic amines) is 1. The van der Waals surface area contributed by atoms with Gasteiger partial charge in [0.1, 0.15) is 36.9 Å². The van der Waals surface area contributed by atoms with Gasteiger partial charge in [-0.3, -0.25) is 19.2 Å². The fourth-order valence-corrected chi connectivity index (χ4v) is 9.60. The van der Waals surface area contributed by atoms with E-state index < -0.39 is 23.5 Å². The summed E-state index contributed by atoms with van der Waals surface area (Å²) in [5.41, 5.74) is 2.11. The molecule has 0 unspecified atom stereocenters. The Labute approximate surface area is 391 Å². The molecule has 4 N–H and O–H groups in total. The van der Waals surface area contributed by atoms with Crippen LogP contribution in [0.1, 0.15) is 102 Å². The number of anilines is 1. The molecule has 3 amide bonds. The number of tetrazole rings is 1. The summed E-state index contributed by atoms with van der Waals surface area (Å²) in [6.07, 6.45) is 3.00. The van der Waals surface area contributed by atoms with Gasteiger partial charge in [0.15, 0.2) is 5.78 Å². The fraction of sp³-hybridized carbons (Fsp3) is 0.510. The number of nitrogens with one attached hydrogen (secondary N) is 3. The number of Topliss-reactive ketones (excluding diaryl/α,β-unsaturated/α-hetero) is 1. The van der Waals surface area contributed by atoms with Gasteiger partial charge in [0, 0.05) is 79.2 Å². The zero-order chi connectivity index (χ0) is 47.8. The van der Waals surface area contributed by atoms with Crippen LogP contribution in [0.2, 0.25) is 5.02 Å². The molecular formula is C49H62ClN9O7. The molecule has 4 aromatic rings. The molecule has 3 aromatic carbocycles. The Morgan fingerprint density at radius 1 is 0.985 bits per heavy atom. The van der Waals surface area contributed by atoms with Crippen molar-refractivity contribution >= 4 is 40.8 Å². The highest BCUT2D eigenvalue weighted by Crippen LogP contribution is 2.55. The molecule has 1 aliphatic heterocycles. The van der Waals surface area contributed by atoms with Gasteiger partial charge in [-0.05, 0) is 89.2 Å². The van der Waals surface area contributed by atoms with Crippen LogP contribution in [0.5, 0.6) is 5.75 Å². The number of ketones is 1. The number of aliphatic hydroxyl groups excluding tert-OH is 1. The minimum atomic E-state index is -0.859. The zero-order valence-electron chi connectivity index (χ0n) is 38.8. The smallest absolute Gasteiger partial charge is 0.251 e. The Morgan fingerprint density at radius 3 is 2.33 bits per heavy atom. The first kappa shape index (κ1) is 49.5. The number of rotatable bonds is 20. The lowest BCUT2D eigenvalue weighted by Gasteiger charge is -2.63. The molecule has 0 spiro atoms. The summed E-state index contributed by atoms with van der Waals surface area (Å²) in [5, 5.41) is 40.8. The Balaban J connectivity index is 0.875. The molecule has 66 heavy (non-hydrogen) atoms. The number of unbranched alkanes of at least 4 members (excludes halogenated alkanes) is 2. The van der Waals surface area contributed by atoms with Crippen molar-refractivity contribution < 1.29 is 33.8 Å². The van der Waals surface area contributed by atoms with Gasteiger partial charge in [-0.15, -0.1) is 5.10 Å².